The zero-order valence-corrected chi connectivity index (χ0v) is 17.5. The summed E-state index contributed by atoms with van der Waals surface area (Å²) >= 11 is 0. The van der Waals surface area contributed by atoms with E-state index in [2.05, 4.69) is 55.3 Å². The molecule has 1 atom stereocenters. The Bertz CT molecular complexity index is 791. The van der Waals surface area contributed by atoms with Crippen LogP contribution >= 0.6 is 0 Å². The summed E-state index contributed by atoms with van der Waals surface area (Å²) in [5.41, 5.74) is 5.67. The molecule has 0 radical (unpaired) electrons. The Hall–Kier alpha value is -2.33. The molecule has 28 heavy (non-hydrogen) atoms. The molecule has 1 aliphatic heterocycles. The number of methoxy groups -OCH3 is 1. The molecule has 1 heterocycles. The minimum Gasteiger partial charge on any atom is -0.497 e. The Morgan fingerprint density at radius 2 is 1.75 bits per heavy atom. The lowest BCUT2D eigenvalue weighted by atomic mass is 10.0. The van der Waals surface area contributed by atoms with E-state index in [1.165, 1.54) is 24.0 Å². The van der Waals surface area contributed by atoms with Crippen molar-refractivity contribution in [1.29, 1.82) is 0 Å². The fraction of sp³-hybridized carbons (Fsp3) is 0.458. The number of ether oxygens (including phenoxy) is 1. The first-order valence-corrected chi connectivity index (χ1v) is 10.2. The molecular formula is C24H32N2O2. The second kappa shape index (κ2) is 9.24. The van der Waals surface area contributed by atoms with Crippen LogP contribution in [0, 0.1) is 20.8 Å². The Morgan fingerprint density at radius 1 is 1.07 bits per heavy atom. The van der Waals surface area contributed by atoms with Crippen molar-refractivity contribution in [2.75, 3.05) is 25.5 Å². The highest BCUT2D eigenvalue weighted by atomic mass is 16.5. The number of aryl methyl sites for hydroxylation is 3. The number of nitrogens with one attached hydrogen (secondary N) is 1. The van der Waals surface area contributed by atoms with Crippen LogP contribution in [0.5, 0.6) is 5.75 Å². The third-order valence-electron chi connectivity index (χ3n) is 5.65. The maximum atomic E-state index is 12.9. The van der Waals surface area contributed by atoms with Crippen LogP contribution in [0.3, 0.4) is 0 Å². The monoisotopic (exact) mass is 380 g/mol. The van der Waals surface area contributed by atoms with E-state index in [0.717, 1.165) is 42.0 Å². The van der Waals surface area contributed by atoms with Gasteiger partial charge in [0.15, 0.2) is 0 Å². The minimum atomic E-state index is 0.0652. The highest BCUT2D eigenvalue weighted by Crippen LogP contribution is 2.31. The Labute approximate surface area is 168 Å². The number of anilines is 1. The Kier molecular flexibility index (Phi) is 6.74. The van der Waals surface area contributed by atoms with Gasteiger partial charge in [0.25, 0.3) is 0 Å². The van der Waals surface area contributed by atoms with Gasteiger partial charge in [-0.3, -0.25) is 9.69 Å². The summed E-state index contributed by atoms with van der Waals surface area (Å²) in [7, 11) is 1.69. The quantitative estimate of drug-likeness (QED) is 0.777. The molecule has 0 unspecified atom stereocenters. The van der Waals surface area contributed by atoms with Crippen molar-refractivity contribution in [3.8, 4) is 5.75 Å². The van der Waals surface area contributed by atoms with Crippen LogP contribution < -0.4 is 10.1 Å². The van der Waals surface area contributed by atoms with E-state index < -0.39 is 0 Å². The smallest absolute Gasteiger partial charge is 0.238 e. The molecule has 2 aromatic carbocycles. The zero-order valence-electron chi connectivity index (χ0n) is 17.5. The van der Waals surface area contributed by atoms with Gasteiger partial charge in [0.2, 0.25) is 5.91 Å². The largest absolute Gasteiger partial charge is 0.497 e. The van der Waals surface area contributed by atoms with Crippen LogP contribution in [0.2, 0.25) is 0 Å². The average Bonchev–Trinajstić information content (AvgIpc) is 2.90. The topological polar surface area (TPSA) is 41.6 Å². The summed E-state index contributed by atoms with van der Waals surface area (Å²) in [5, 5.41) is 3.16. The number of nitrogens with zero attached hydrogens (tertiary/aromatic N) is 1. The van der Waals surface area contributed by atoms with E-state index in [4.69, 9.17) is 4.74 Å². The van der Waals surface area contributed by atoms with Crippen molar-refractivity contribution in [2.45, 2.75) is 52.5 Å². The third-order valence-corrected chi connectivity index (χ3v) is 5.65. The normalized spacial score (nSPS) is 17.8. The third kappa shape index (κ3) is 4.93. The van der Waals surface area contributed by atoms with Gasteiger partial charge >= 0.3 is 0 Å². The fourth-order valence-electron chi connectivity index (χ4n) is 4.30. The lowest BCUT2D eigenvalue weighted by molar-refractivity contribution is -0.117. The summed E-state index contributed by atoms with van der Waals surface area (Å²) in [6.07, 6.45) is 4.65. The molecule has 4 heteroatoms. The van der Waals surface area contributed by atoms with Gasteiger partial charge in [0.1, 0.15) is 5.75 Å². The molecule has 0 bridgehead atoms. The number of amides is 1. The van der Waals surface area contributed by atoms with Gasteiger partial charge in [-0.2, -0.15) is 0 Å². The summed E-state index contributed by atoms with van der Waals surface area (Å²) in [5.74, 6) is 0.933. The summed E-state index contributed by atoms with van der Waals surface area (Å²) in [6, 6.07) is 12.8. The van der Waals surface area contributed by atoms with Gasteiger partial charge < -0.3 is 10.1 Å². The van der Waals surface area contributed by atoms with Crippen molar-refractivity contribution < 1.29 is 9.53 Å². The number of carbonyl (C=O) groups is 1. The maximum Gasteiger partial charge on any atom is 0.238 e. The first kappa shape index (κ1) is 20.4. The van der Waals surface area contributed by atoms with E-state index in [0.29, 0.717) is 6.54 Å². The molecule has 1 N–H and O–H groups in total. The summed E-state index contributed by atoms with van der Waals surface area (Å²) < 4.78 is 5.29. The van der Waals surface area contributed by atoms with Gasteiger partial charge in [-0.25, -0.2) is 0 Å². The standard InChI is InChI=1S/C24H32N2O2/c1-17-14-18(2)24(19(3)15-17)25-23(27)16-26-13-7-5-6-8-22(26)20-9-11-21(28-4)12-10-20/h9-12,14-15,22H,5-8,13,16H2,1-4H3,(H,25,27)/t22-/m1/s1. The maximum absolute atomic E-state index is 12.9. The SMILES string of the molecule is COc1ccc([C@H]2CCCCCN2CC(=O)Nc2c(C)cc(C)cc2C)cc1. The Morgan fingerprint density at radius 3 is 2.39 bits per heavy atom. The van der Waals surface area contributed by atoms with Gasteiger partial charge in [-0.05, 0) is 69.0 Å². The van der Waals surface area contributed by atoms with Crippen molar-refractivity contribution in [1.82, 2.24) is 4.90 Å². The highest BCUT2D eigenvalue weighted by molar-refractivity contribution is 5.93. The van der Waals surface area contributed by atoms with Gasteiger partial charge in [-0.1, -0.05) is 42.7 Å². The molecule has 0 aliphatic carbocycles. The van der Waals surface area contributed by atoms with E-state index in [1.54, 1.807) is 7.11 Å². The highest BCUT2D eigenvalue weighted by Gasteiger charge is 2.25. The van der Waals surface area contributed by atoms with E-state index in [9.17, 15) is 4.79 Å². The van der Waals surface area contributed by atoms with Crippen molar-refractivity contribution in [3.05, 3.63) is 58.7 Å². The number of hydrogen-bond donors (Lipinski definition) is 1. The average molecular weight is 381 g/mol. The number of likely N-dealkylation sites (tertiary alicyclic amines) is 1. The Balaban J connectivity index is 1.74. The predicted octanol–water partition coefficient (Wildman–Crippen LogP) is 5.18. The van der Waals surface area contributed by atoms with Crippen LogP contribution in [0.25, 0.3) is 0 Å². The number of hydrogen-bond acceptors (Lipinski definition) is 3. The first-order valence-electron chi connectivity index (χ1n) is 10.2. The molecule has 150 valence electrons. The lowest BCUT2D eigenvalue weighted by Crippen LogP contribution is -2.36. The first-order chi connectivity index (χ1) is 13.5. The van der Waals surface area contributed by atoms with Gasteiger partial charge in [-0.15, -0.1) is 0 Å². The number of carbonyl (C=O) groups excluding carboxylic acids is 1. The second-order valence-corrected chi connectivity index (χ2v) is 7.93. The van der Waals surface area contributed by atoms with Crippen molar-refractivity contribution in [3.63, 3.8) is 0 Å². The van der Waals surface area contributed by atoms with Gasteiger partial charge in [0.05, 0.1) is 13.7 Å². The van der Waals surface area contributed by atoms with Crippen LogP contribution in [-0.2, 0) is 4.79 Å². The molecule has 1 saturated heterocycles. The van der Waals surface area contributed by atoms with Crippen LogP contribution in [0.4, 0.5) is 5.69 Å². The van der Waals surface area contributed by atoms with Crippen molar-refractivity contribution >= 4 is 11.6 Å². The van der Waals surface area contributed by atoms with Crippen molar-refractivity contribution in [2.24, 2.45) is 0 Å². The molecule has 1 amide bonds. The molecule has 0 spiro atoms. The number of benzene rings is 2. The van der Waals surface area contributed by atoms with E-state index in [1.807, 2.05) is 12.1 Å². The predicted molar refractivity (Wildman–Crippen MR) is 115 cm³/mol. The molecule has 4 nitrogen and oxygen atoms in total. The molecule has 2 aromatic rings. The zero-order chi connectivity index (χ0) is 20.1. The summed E-state index contributed by atoms with van der Waals surface area (Å²) in [6.45, 7) is 7.57. The van der Waals surface area contributed by atoms with Crippen LogP contribution in [-0.4, -0.2) is 31.0 Å². The second-order valence-electron chi connectivity index (χ2n) is 7.93. The van der Waals surface area contributed by atoms with E-state index in [-0.39, 0.29) is 11.9 Å². The lowest BCUT2D eigenvalue weighted by Gasteiger charge is -2.30. The molecule has 0 saturated carbocycles. The minimum absolute atomic E-state index is 0.0652. The molecule has 1 fully saturated rings. The molecule has 3 rings (SSSR count). The molecule has 1 aliphatic rings. The van der Waals surface area contributed by atoms with Gasteiger partial charge in [0, 0.05) is 11.7 Å². The van der Waals surface area contributed by atoms with Crippen LogP contribution in [0.1, 0.15) is 54.0 Å². The molecular weight excluding hydrogens is 348 g/mol. The fourth-order valence-corrected chi connectivity index (χ4v) is 4.30. The number of rotatable bonds is 5. The molecule has 0 aromatic heterocycles. The summed E-state index contributed by atoms with van der Waals surface area (Å²) in [4.78, 5) is 15.2. The van der Waals surface area contributed by atoms with E-state index >= 15 is 0 Å². The van der Waals surface area contributed by atoms with Crippen LogP contribution in [0.15, 0.2) is 36.4 Å².